The summed E-state index contributed by atoms with van der Waals surface area (Å²) >= 11 is 0. The largest absolute Gasteiger partial charge is 0.382 e. The van der Waals surface area contributed by atoms with Crippen molar-refractivity contribution in [3.05, 3.63) is 29.1 Å². The molecule has 0 spiro atoms. The summed E-state index contributed by atoms with van der Waals surface area (Å²) in [4.78, 5) is -0.0193. The van der Waals surface area contributed by atoms with Gasteiger partial charge >= 0.3 is 0 Å². The van der Waals surface area contributed by atoms with Crippen molar-refractivity contribution in [1.82, 2.24) is 4.72 Å². The maximum Gasteiger partial charge on any atom is 0.240 e. The summed E-state index contributed by atoms with van der Waals surface area (Å²) in [5.74, 6) is -0.481. The first-order valence-electron chi connectivity index (χ1n) is 6.36. The zero-order valence-corrected chi connectivity index (χ0v) is 13.2. The highest BCUT2D eigenvalue weighted by atomic mass is 32.2. The van der Waals surface area contributed by atoms with E-state index >= 15 is 0 Å². The monoisotopic (exact) mass is 320 g/mol. The van der Waals surface area contributed by atoms with E-state index in [1.165, 1.54) is 33.3 Å². The van der Waals surface area contributed by atoms with E-state index < -0.39 is 21.9 Å². The molecule has 1 aromatic rings. The van der Waals surface area contributed by atoms with Crippen LogP contribution in [0, 0.1) is 12.7 Å². The van der Waals surface area contributed by atoms with Crippen LogP contribution in [0.2, 0.25) is 0 Å². The van der Waals surface area contributed by atoms with E-state index in [-0.39, 0.29) is 35.7 Å². The lowest BCUT2D eigenvalue weighted by molar-refractivity contribution is 0.0320. The highest BCUT2D eigenvalue weighted by Crippen LogP contribution is 2.19. The Labute approximate surface area is 124 Å². The minimum atomic E-state index is -3.76. The number of sulfonamides is 1. The fourth-order valence-corrected chi connectivity index (χ4v) is 2.99. The molecule has 0 heterocycles. The molecule has 0 bridgehead atoms. The first-order chi connectivity index (χ1) is 9.85. The smallest absolute Gasteiger partial charge is 0.240 e. The van der Waals surface area contributed by atoms with Crippen molar-refractivity contribution in [2.24, 2.45) is 5.73 Å². The molecule has 1 unspecified atom stereocenters. The van der Waals surface area contributed by atoms with Gasteiger partial charge in [0.15, 0.2) is 0 Å². The van der Waals surface area contributed by atoms with E-state index in [1.807, 2.05) is 0 Å². The normalized spacial score (nSPS) is 13.4. The van der Waals surface area contributed by atoms with Gasteiger partial charge < -0.3 is 15.2 Å². The third kappa shape index (κ3) is 4.72. The van der Waals surface area contributed by atoms with Gasteiger partial charge in [-0.1, -0.05) is 0 Å². The van der Waals surface area contributed by atoms with Crippen molar-refractivity contribution in [1.29, 1.82) is 0 Å². The first kappa shape index (κ1) is 18.0. The van der Waals surface area contributed by atoms with Crippen molar-refractivity contribution in [3.8, 4) is 0 Å². The van der Waals surface area contributed by atoms with Crippen LogP contribution in [0.1, 0.15) is 11.1 Å². The first-order valence-corrected chi connectivity index (χ1v) is 7.84. The molecule has 1 atom stereocenters. The number of methoxy groups -OCH3 is 2. The predicted molar refractivity (Wildman–Crippen MR) is 76.9 cm³/mol. The minimum Gasteiger partial charge on any atom is -0.382 e. The van der Waals surface area contributed by atoms with E-state index in [2.05, 4.69) is 4.72 Å². The third-order valence-corrected chi connectivity index (χ3v) is 4.42. The van der Waals surface area contributed by atoms with Gasteiger partial charge in [-0.2, -0.15) is 0 Å². The Bertz CT molecular complexity index is 578. The number of nitrogens with two attached hydrogens (primary N) is 1. The predicted octanol–water partition coefficient (Wildman–Crippen LogP) is 0.533. The zero-order valence-electron chi connectivity index (χ0n) is 12.3. The van der Waals surface area contributed by atoms with E-state index in [4.69, 9.17) is 15.2 Å². The highest BCUT2D eigenvalue weighted by molar-refractivity contribution is 7.89. The van der Waals surface area contributed by atoms with Crippen LogP contribution in [0.4, 0.5) is 4.39 Å². The SMILES string of the molecule is COCC(CNS(=O)(=O)c1cc(C)c(F)c(CN)c1)OC. The van der Waals surface area contributed by atoms with Gasteiger partial charge in [-0.15, -0.1) is 0 Å². The number of rotatable bonds is 8. The molecule has 0 saturated carbocycles. The van der Waals surface area contributed by atoms with Crippen molar-refractivity contribution in [3.63, 3.8) is 0 Å². The summed E-state index contributed by atoms with van der Waals surface area (Å²) in [6.07, 6.45) is -0.403. The van der Waals surface area contributed by atoms with Gasteiger partial charge in [-0.05, 0) is 24.6 Å². The molecule has 6 nitrogen and oxygen atoms in total. The zero-order chi connectivity index (χ0) is 16.0. The lowest BCUT2D eigenvalue weighted by Crippen LogP contribution is -2.35. The molecular weight excluding hydrogens is 299 g/mol. The second-order valence-corrected chi connectivity index (χ2v) is 6.35. The van der Waals surface area contributed by atoms with Gasteiger partial charge in [0.1, 0.15) is 5.82 Å². The summed E-state index contributed by atoms with van der Waals surface area (Å²) in [7, 11) is -0.801. The second kappa shape index (κ2) is 7.81. The molecule has 120 valence electrons. The quantitative estimate of drug-likeness (QED) is 0.729. The number of hydrogen-bond donors (Lipinski definition) is 2. The van der Waals surface area contributed by atoms with Crippen LogP contribution >= 0.6 is 0 Å². The Kier molecular flexibility index (Phi) is 6.69. The number of nitrogens with one attached hydrogen (secondary N) is 1. The molecule has 0 radical (unpaired) electrons. The molecule has 0 amide bonds. The van der Waals surface area contributed by atoms with E-state index in [0.29, 0.717) is 0 Å². The summed E-state index contributed by atoms with van der Waals surface area (Å²) < 4.78 is 50.5. The van der Waals surface area contributed by atoms with Crippen LogP contribution < -0.4 is 10.5 Å². The van der Waals surface area contributed by atoms with Crippen LogP contribution in [-0.4, -0.2) is 41.9 Å². The highest BCUT2D eigenvalue weighted by Gasteiger charge is 2.19. The molecule has 0 aromatic heterocycles. The molecule has 8 heteroatoms. The van der Waals surface area contributed by atoms with Crippen molar-refractivity contribution >= 4 is 10.0 Å². The summed E-state index contributed by atoms with van der Waals surface area (Å²) in [5.41, 5.74) is 5.82. The fraction of sp³-hybridized carbons (Fsp3) is 0.538. The Morgan fingerprint density at radius 2 is 2.05 bits per heavy atom. The van der Waals surface area contributed by atoms with Crippen LogP contribution in [0.3, 0.4) is 0 Å². The van der Waals surface area contributed by atoms with Gasteiger partial charge in [0, 0.05) is 32.9 Å². The molecule has 1 rings (SSSR count). The van der Waals surface area contributed by atoms with Crippen molar-refractivity contribution < 1.29 is 22.3 Å². The standard InChI is InChI=1S/C13H21FN2O4S/c1-9-4-12(5-10(6-15)13(9)14)21(17,18)16-7-11(20-3)8-19-2/h4-5,11,16H,6-8,15H2,1-3H3. The van der Waals surface area contributed by atoms with Crippen LogP contribution in [0.15, 0.2) is 17.0 Å². The average molecular weight is 320 g/mol. The van der Waals surface area contributed by atoms with Gasteiger partial charge in [0.25, 0.3) is 0 Å². The van der Waals surface area contributed by atoms with Crippen molar-refractivity contribution in [2.75, 3.05) is 27.4 Å². The Morgan fingerprint density at radius 1 is 1.38 bits per heavy atom. The fourth-order valence-electron chi connectivity index (χ4n) is 1.79. The molecule has 0 aliphatic heterocycles. The molecule has 21 heavy (non-hydrogen) atoms. The molecule has 3 N–H and O–H groups in total. The Balaban J connectivity index is 2.95. The van der Waals surface area contributed by atoms with Gasteiger partial charge in [0.2, 0.25) is 10.0 Å². The van der Waals surface area contributed by atoms with E-state index in [9.17, 15) is 12.8 Å². The molecule has 0 aliphatic carbocycles. The van der Waals surface area contributed by atoms with Crippen molar-refractivity contribution in [2.45, 2.75) is 24.5 Å². The van der Waals surface area contributed by atoms with E-state index in [1.54, 1.807) is 0 Å². The van der Waals surface area contributed by atoms with Crippen LogP contribution in [0.5, 0.6) is 0 Å². The minimum absolute atomic E-state index is 0.0193. The Hall–Kier alpha value is -1.06. The summed E-state index contributed by atoms with van der Waals surface area (Å²) in [5, 5.41) is 0. The number of aryl methyl sites for hydroxylation is 1. The maximum absolute atomic E-state index is 13.7. The second-order valence-electron chi connectivity index (χ2n) is 4.58. The van der Waals surface area contributed by atoms with Crippen LogP contribution in [0.25, 0.3) is 0 Å². The van der Waals surface area contributed by atoms with Gasteiger partial charge in [-0.3, -0.25) is 0 Å². The number of ether oxygens (including phenoxy) is 2. The maximum atomic E-state index is 13.7. The van der Waals surface area contributed by atoms with E-state index in [0.717, 1.165) is 0 Å². The molecular formula is C13H21FN2O4S. The molecule has 1 aromatic carbocycles. The molecule has 0 saturated heterocycles. The Morgan fingerprint density at radius 3 is 2.57 bits per heavy atom. The third-order valence-electron chi connectivity index (χ3n) is 3.02. The number of benzene rings is 1. The lowest BCUT2D eigenvalue weighted by Gasteiger charge is -2.16. The van der Waals surface area contributed by atoms with Gasteiger partial charge in [0.05, 0.1) is 17.6 Å². The van der Waals surface area contributed by atoms with Crippen LogP contribution in [-0.2, 0) is 26.0 Å². The summed E-state index contributed by atoms with van der Waals surface area (Å²) in [6, 6.07) is 2.51. The molecule has 0 aliphatic rings. The average Bonchev–Trinajstić information content (AvgIpc) is 2.46. The number of halogens is 1. The summed E-state index contributed by atoms with van der Waals surface area (Å²) in [6.45, 7) is 1.74. The molecule has 0 fully saturated rings. The lowest BCUT2D eigenvalue weighted by atomic mass is 10.1. The number of hydrogen-bond acceptors (Lipinski definition) is 5. The van der Waals surface area contributed by atoms with Gasteiger partial charge in [-0.25, -0.2) is 17.5 Å². The topological polar surface area (TPSA) is 90.7 Å².